The van der Waals surface area contributed by atoms with Gasteiger partial charge in [0.25, 0.3) is 0 Å². The van der Waals surface area contributed by atoms with Crippen LogP contribution in [0.25, 0.3) is 0 Å². The molecule has 3 amide bonds. The van der Waals surface area contributed by atoms with Crippen molar-refractivity contribution in [2.75, 3.05) is 13.6 Å². The van der Waals surface area contributed by atoms with E-state index in [0.717, 1.165) is 16.9 Å². The molecular weight excluding hydrogens is 334 g/mol. The quantitative estimate of drug-likeness (QED) is 0.710. The summed E-state index contributed by atoms with van der Waals surface area (Å²) in [6.07, 6.45) is 1.10. The van der Waals surface area contributed by atoms with Gasteiger partial charge in [0.15, 0.2) is 0 Å². The average Bonchev–Trinajstić information content (AvgIpc) is 3.16. The second kappa shape index (κ2) is 9.34. The second-order valence-corrected chi connectivity index (χ2v) is 6.91. The van der Waals surface area contributed by atoms with E-state index >= 15 is 0 Å². The fraction of sp³-hybridized carbons (Fsp3) is 0.368. The summed E-state index contributed by atoms with van der Waals surface area (Å²) in [5, 5.41) is 9.90. The first-order valence-electron chi connectivity index (χ1n) is 8.43. The lowest BCUT2D eigenvalue weighted by Gasteiger charge is -2.19. The number of amides is 3. The fourth-order valence-electron chi connectivity index (χ4n) is 2.52. The van der Waals surface area contributed by atoms with Crippen LogP contribution in [0, 0.1) is 0 Å². The number of imide groups is 1. The second-order valence-electron chi connectivity index (χ2n) is 5.93. The first-order chi connectivity index (χ1) is 12.0. The normalized spacial score (nSPS) is 13.1. The van der Waals surface area contributed by atoms with E-state index in [0.29, 0.717) is 5.92 Å². The Morgan fingerprint density at radius 1 is 1.12 bits per heavy atom. The van der Waals surface area contributed by atoms with Crippen LogP contribution in [0.3, 0.4) is 0 Å². The van der Waals surface area contributed by atoms with E-state index in [1.54, 1.807) is 11.3 Å². The van der Waals surface area contributed by atoms with Crippen molar-refractivity contribution in [1.29, 1.82) is 0 Å². The van der Waals surface area contributed by atoms with Crippen molar-refractivity contribution in [3.05, 3.63) is 57.8 Å². The molecule has 25 heavy (non-hydrogen) atoms. The zero-order chi connectivity index (χ0) is 18.2. The molecule has 2 atom stereocenters. The third-order valence-electron chi connectivity index (χ3n) is 4.23. The van der Waals surface area contributed by atoms with Crippen molar-refractivity contribution < 1.29 is 9.59 Å². The smallest absolute Gasteiger partial charge is 0.321 e. The van der Waals surface area contributed by atoms with Gasteiger partial charge >= 0.3 is 6.03 Å². The number of benzene rings is 1. The van der Waals surface area contributed by atoms with Crippen molar-refractivity contribution in [3.63, 3.8) is 0 Å². The number of carbonyl (C=O) groups is 2. The molecule has 0 bridgehead atoms. The lowest BCUT2D eigenvalue weighted by atomic mass is 9.95. The Balaban J connectivity index is 2.11. The van der Waals surface area contributed by atoms with E-state index in [9.17, 15) is 9.59 Å². The Morgan fingerprint density at radius 2 is 1.80 bits per heavy atom. The summed E-state index contributed by atoms with van der Waals surface area (Å²) in [5.41, 5.74) is 2.41. The van der Waals surface area contributed by atoms with Crippen LogP contribution in [0.15, 0.2) is 41.8 Å². The lowest BCUT2D eigenvalue weighted by molar-refractivity contribution is -0.119. The molecule has 1 aromatic heterocycles. The highest BCUT2D eigenvalue weighted by Crippen LogP contribution is 2.27. The third-order valence-corrected chi connectivity index (χ3v) is 5.16. The van der Waals surface area contributed by atoms with Crippen LogP contribution in [-0.4, -0.2) is 25.5 Å². The van der Waals surface area contributed by atoms with Gasteiger partial charge in [-0.25, -0.2) is 4.79 Å². The van der Waals surface area contributed by atoms with Gasteiger partial charge < -0.3 is 5.32 Å². The van der Waals surface area contributed by atoms with Gasteiger partial charge in [-0.15, -0.1) is 11.3 Å². The highest BCUT2D eigenvalue weighted by atomic mass is 32.1. The maximum absolute atomic E-state index is 11.9. The van der Waals surface area contributed by atoms with Gasteiger partial charge in [-0.1, -0.05) is 44.2 Å². The molecule has 134 valence electrons. The van der Waals surface area contributed by atoms with Crippen LogP contribution < -0.4 is 16.0 Å². The summed E-state index contributed by atoms with van der Waals surface area (Å²) in [7, 11) is 1.48. The highest BCUT2D eigenvalue weighted by molar-refractivity contribution is 7.10. The largest absolute Gasteiger partial charge is 0.341 e. The first kappa shape index (κ1) is 19.1. The molecule has 0 saturated heterocycles. The molecule has 5 nitrogen and oxygen atoms in total. The predicted octanol–water partition coefficient (Wildman–Crippen LogP) is 3.40. The summed E-state index contributed by atoms with van der Waals surface area (Å²) in [5.74, 6) is 0.165. The molecule has 2 aromatic rings. The third kappa shape index (κ3) is 5.41. The lowest BCUT2D eigenvalue weighted by Crippen LogP contribution is -2.42. The van der Waals surface area contributed by atoms with Crippen LogP contribution in [0.4, 0.5) is 4.79 Å². The standard InChI is InChI=1S/C19H25N3O2S/c1-4-13(2)14-7-9-15(10-8-14)18(16-6-5-11-25-16)21-12-17(23)22-19(24)20-3/h5-11,13,18,21H,4,12H2,1-3H3,(H2,20,22,23,24)/t13-,18-/m0/s1. The summed E-state index contributed by atoms with van der Waals surface area (Å²) >= 11 is 1.64. The number of carbonyl (C=O) groups excluding carboxylic acids is 2. The van der Waals surface area contributed by atoms with Gasteiger partial charge in [-0.3, -0.25) is 15.4 Å². The van der Waals surface area contributed by atoms with E-state index in [2.05, 4.69) is 54.1 Å². The van der Waals surface area contributed by atoms with Gasteiger partial charge in [-0.05, 0) is 34.9 Å². The Morgan fingerprint density at radius 3 is 2.36 bits per heavy atom. The van der Waals surface area contributed by atoms with Gasteiger partial charge in [0.05, 0.1) is 12.6 Å². The van der Waals surface area contributed by atoms with Gasteiger partial charge in [0.2, 0.25) is 5.91 Å². The molecule has 0 aliphatic carbocycles. The van der Waals surface area contributed by atoms with E-state index in [1.165, 1.54) is 12.6 Å². The summed E-state index contributed by atoms with van der Waals surface area (Å²) in [6, 6.07) is 12.0. The number of thiophene rings is 1. The Hall–Kier alpha value is -2.18. The van der Waals surface area contributed by atoms with Crippen molar-refractivity contribution in [2.24, 2.45) is 0 Å². The van der Waals surface area contributed by atoms with Crippen LogP contribution in [0.5, 0.6) is 0 Å². The molecule has 0 fully saturated rings. The van der Waals surface area contributed by atoms with Crippen LogP contribution in [0.1, 0.15) is 48.2 Å². The van der Waals surface area contributed by atoms with E-state index in [1.807, 2.05) is 17.5 Å². The molecule has 3 N–H and O–H groups in total. The Bertz CT molecular complexity index is 683. The van der Waals surface area contributed by atoms with Crippen LogP contribution >= 0.6 is 11.3 Å². The highest BCUT2D eigenvalue weighted by Gasteiger charge is 2.17. The Kier molecular flexibility index (Phi) is 7.16. The molecule has 0 aliphatic heterocycles. The minimum Gasteiger partial charge on any atom is -0.341 e. The van der Waals surface area contributed by atoms with E-state index in [4.69, 9.17) is 0 Å². The minimum atomic E-state index is -0.502. The maximum atomic E-state index is 11.9. The van der Waals surface area contributed by atoms with Crippen molar-refractivity contribution in [1.82, 2.24) is 16.0 Å². The van der Waals surface area contributed by atoms with E-state index in [-0.39, 0.29) is 18.5 Å². The number of nitrogens with one attached hydrogen (secondary N) is 3. The topological polar surface area (TPSA) is 70.2 Å². The molecule has 2 rings (SSSR count). The molecule has 0 saturated carbocycles. The van der Waals surface area contributed by atoms with Crippen molar-refractivity contribution in [2.45, 2.75) is 32.2 Å². The zero-order valence-corrected chi connectivity index (χ0v) is 15.7. The van der Waals surface area contributed by atoms with Crippen molar-refractivity contribution >= 4 is 23.3 Å². The summed E-state index contributed by atoms with van der Waals surface area (Å²) in [4.78, 5) is 24.2. The van der Waals surface area contributed by atoms with Gasteiger partial charge in [0.1, 0.15) is 0 Å². The van der Waals surface area contributed by atoms with Crippen LogP contribution in [0.2, 0.25) is 0 Å². The zero-order valence-electron chi connectivity index (χ0n) is 14.8. The molecular formula is C19H25N3O2S. The predicted molar refractivity (Wildman–Crippen MR) is 102 cm³/mol. The molecule has 6 heteroatoms. The van der Waals surface area contributed by atoms with Gasteiger partial charge in [-0.2, -0.15) is 0 Å². The molecule has 0 aliphatic rings. The first-order valence-corrected chi connectivity index (χ1v) is 9.31. The molecule has 1 aromatic carbocycles. The molecule has 0 radical (unpaired) electrons. The average molecular weight is 359 g/mol. The van der Waals surface area contributed by atoms with E-state index < -0.39 is 6.03 Å². The molecule has 0 unspecified atom stereocenters. The summed E-state index contributed by atoms with van der Waals surface area (Å²) in [6.45, 7) is 4.45. The fourth-order valence-corrected chi connectivity index (χ4v) is 3.35. The molecule has 1 heterocycles. The van der Waals surface area contributed by atoms with Crippen LogP contribution in [-0.2, 0) is 4.79 Å². The number of hydrogen-bond acceptors (Lipinski definition) is 4. The molecule has 0 spiro atoms. The van der Waals surface area contributed by atoms with Gasteiger partial charge in [0, 0.05) is 11.9 Å². The monoisotopic (exact) mass is 359 g/mol. The Labute approximate surface area is 152 Å². The number of rotatable bonds is 7. The summed E-state index contributed by atoms with van der Waals surface area (Å²) < 4.78 is 0. The minimum absolute atomic E-state index is 0.0586. The SMILES string of the molecule is CC[C@H](C)c1ccc([C@H](NCC(=O)NC(=O)NC)c2cccs2)cc1. The number of hydrogen-bond donors (Lipinski definition) is 3. The number of urea groups is 1. The maximum Gasteiger partial charge on any atom is 0.321 e. The van der Waals surface area contributed by atoms with Crippen molar-refractivity contribution in [3.8, 4) is 0 Å².